The van der Waals surface area contributed by atoms with Crippen molar-refractivity contribution < 1.29 is 17.9 Å². The quantitative estimate of drug-likeness (QED) is 0.525. The minimum absolute atomic E-state index is 0.0959. The molecule has 1 N–H and O–H groups in total. The first-order chi connectivity index (χ1) is 15.4. The summed E-state index contributed by atoms with van der Waals surface area (Å²) < 4.78 is 34.1. The minimum Gasteiger partial charge on any atom is -0.379 e. The summed E-state index contributed by atoms with van der Waals surface area (Å²) in [5.74, 6) is -0.173. The first-order valence-corrected chi connectivity index (χ1v) is 12.4. The highest BCUT2D eigenvalue weighted by atomic mass is 32.2. The van der Waals surface area contributed by atoms with Gasteiger partial charge in [0.15, 0.2) is 0 Å². The van der Waals surface area contributed by atoms with Crippen molar-refractivity contribution in [2.24, 2.45) is 0 Å². The van der Waals surface area contributed by atoms with E-state index in [1.54, 1.807) is 23.1 Å². The lowest BCUT2D eigenvalue weighted by Gasteiger charge is -2.26. The fraction of sp³-hybridized carbons (Fsp3) is 0.286. The third-order valence-corrected chi connectivity index (χ3v) is 7.66. The average Bonchev–Trinajstić information content (AvgIpc) is 3.29. The van der Waals surface area contributed by atoms with Gasteiger partial charge >= 0.3 is 0 Å². The Morgan fingerprint density at radius 2 is 1.91 bits per heavy atom. The van der Waals surface area contributed by atoms with Crippen molar-refractivity contribution in [1.82, 2.24) is 19.1 Å². The van der Waals surface area contributed by atoms with Crippen LogP contribution in [0.3, 0.4) is 0 Å². The number of morpholine rings is 1. The summed E-state index contributed by atoms with van der Waals surface area (Å²) in [6.07, 6.45) is 1.60. The number of thioether (sulfide) groups is 1. The summed E-state index contributed by atoms with van der Waals surface area (Å²) in [4.78, 5) is 16.9. The number of aromatic nitrogens is 3. The van der Waals surface area contributed by atoms with Crippen molar-refractivity contribution in [3.8, 4) is 5.69 Å². The second-order valence-corrected chi connectivity index (χ2v) is 10.0. The molecule has 0 bridgehead atoms. The largest absolute Gasteiger partial charge is 0.379 e. The Morgan fingerprint density at radius 3 is 2.66 bits per heavy atom. The van der Waals surface area contributed by atoms with Gasteiger partial charge in [0.1, 0.15) is 6.33 Å². The number of hydrogen-bond donors (Lipinski definition) is 1. The maximum absolute atomic E-state index is 12.9. The zero-order chi connectivity index (χ0) is 22.6. The van der Waals surface area contributed by atoms with Gasteiger partial charge < -0.3 is 10.1 Å². The van der Waals surface area contributed by atoms with Crippen LogP contribution in [-0.2, 0) is 19.6 Å². The molecule has 1 fully saturated rings. The topological polar surface area (TPSA) is 106 Å². The van der Waals surface area contributed by atoms with Crippen LogP contribution in [0.25, 0.3) is 5.69 Å². The maximum atomic E-state index is 12.9. The zero-order valence-electron chi connectivity index (χ0n) is 17.5. The molecule has 1 aromatic heterocycles. The molecule has 168 valence electrons. The Hall–Kier alpha value is -2.73. The Labute approximate surface area is 190 Å². The lowest BCUT2D eigenvalue weighted by Crippen LogP contribution is -2.40. The lowest BCUT2D eigenvalue weighted by atomic mass is 10.2. The Morgan fingerprint density at radius 1 is 1.16 bits per heavy atom. The van der Waals surface area contributed by atoms with Crippen LogP contribution in [0, 0.1) is 6.92 Å². The van der Waals surface area contributed by atoms with Crippen LogP contribution >= 0.6 is 11.8 Å². The number of carbonyl (C=O) groups is 1. The second kappa shape index (κ2) is 9.82. The number of hydrogen-bond acceptors (Lipinski definition) is 7. The molecule has 2 aromatic carbocycles. The van der Waals surface area contributed by atoms with Crippen LogP contribution in [-0.4, -0.2) is 65.5 Å². The molecule has 0 radical (unpaired) electrons. The smallest absolute Gasteiger partial charge is 0.243 e. The summed E-state index contributed by atoms with van der Waals surface area (Å²) in [6, 6.07) is 14.3. The molecule has 1 amide bonds. The number of nitrogens with one attached hydrogen (secondary N) is 1. The van der Waals surface area contributed by atoms with Crippen LogP contribution in [0.1, 0.15) is 5.56 Å². The van der Waals surface area contributed by atoms with Gasteiger partial charge in [0.25, 0.3) is 0 Å². The molecule has 0 unspecified atom stereocenters. The van der Waals surface area contributed by atoms with Gasteiger partial charge in [0.05, 0.1) is 29.5 Å². The van der Waals surface area contributed by atoms with Gasteiger partial charge in [-0.3, -0.25) is 4.79 Å². The number of sulfonamides is 1. The predicted molar refractivity (Wildman–Crippen MR) is 121 cm³/mol. The van der Waals surface area contributed by atoms with E-state index in [9.17, 15) is 13.2 Å². The van der Waals surface area contributed by atoms with Gasteiger partial charge in [0.2, 0.25) is 21.1 Å². The zero-order valence-corrected chi connectivity index (χ0v) is 19.1. The number of benzene rings is 2. The van der Waals surface area contributed by atoms with E-state index in [0.29, 0.717) is 37.1 Å². The molecule has 9 nitrogen and oxygen atoms in total. The molecule has 0 saturated carbocycles. The molecule has 11 heteroatoms. The van der Waals surface area contributed by atoms with Gasteiger partial charge in [-0.15, -0.1) is 5.10 Å². The monoisotopic (exact) mass is 473 g/mol. The molecule has 2 heterocycles. The molecule has 0 aliphatic carbocycles. The van der Waals surface area contributed by atoms with E-state index in [1.807, 2.05) is 37.3 Å². The van der Waals surface area contributed by atoms with Crippen LogP contribution in [0.5, 0.6) is 0 Å². The number of amides is 1. The molecular weight excluding hydrogens is 450 g/mol. The summed E-state index contributed by atoms with van der Waals surface area (Å²) >= 11 is 1.21. The fourth-order valence-corrected chi connectivity index (χ4v) is 5.20. The summed E-state index contributed by atoms with van der Waals surface area (Å²) in [5.41, 5.74) is 2.12. The van der Waals surface area contributed by atoms with E-state index in [1.165, 1.54) is 22.1 Å². The highest BCUT2D eigenvalue weighted by molar-refractivity contribution is 7.99. The van der Waals surface area contributed by atoms with E-state index < -0.39 is 10.0 Å². The molecule has 0 atom stereocenters. The first kappa shape index (κ1) is 22.5. The minimum atomic E-state index is -3.64. The van der Waals surface area contributed by atoms with Gasteiger partial charge in [-0.05, 0) is 36.8 Å². The Bertz CT molecular complexity index is 1190. The predicted octanol–water partition coefficient (Wildman–Crippen LogP) is 2.33. The van der Waals surface area contributed by atoms with Crippen LogP contribution in [0.4, 0.5) is 5.69 Å². The average molecular weight is 474 g/mol. The van der Waals surface area contributed by atoms with Crippen LogP contribution < -0.4 is 5.32 Å². The SMILES string of the molecule is Cc1ccc(S(=O)(=O)N2CCOCC2)cc1NC(=O)CSc1ncn(-c2ccccc2)n1. The summed E-state index contributed by atoms with van der Waals surface area (Å²) in [5, 5.41) is 7.65. The molecule has 1 aliphatic heterocycles. The third kappa shape index (κ3) is 5.18. The van der Waals surface area contributed by atoms with Gasteiger partial charge in [-0.2, -0.15) is 4.31 Å². The van der Waals surface area contributed by atoms with Gasteiger partial charge in [-0.25, -0.2) is 18.1 Å². The number of nitrogens with zero attached hydrogens (tertiary/aromatic N) is 4. The lowest BCUT2D eigenvalue weighted by molar-refractivity contribution is -0.113. The van der Waals surface area contributed by atoms with Crippen molar-refractivity contribution in [3.05, 3.63) is 60.4 Å². The highest BCUT2D eigenvalue weighted by Gasteiger charge is 2.27. The summed E-state index contributed by atoms with van der Waals surface area (Å²) in [6.45, 7) is 3.20. The van der Waals surface area contributed by atoms with Crippen molar-refractivity contribution in [2.75, 3.05) is 37.4 Å². The second-order valence-electron chi connectivity index (χ2n) is 7.14. The molecule has 32 heavy (non-hydrogen) atoms. The number of rotatable bonds is 7. The van der Waals surface area contributed by atoms with Crippen molar-refractivity contribution >= 4 is 33.4 Å². The fourth-order valence-electron chi connectivity index (χ4n) is 3.17. The number of carbonyl (C=O) groups excluding carboxylic acids is 1. The van der Waals surface area contributed by atoms with E-state index >= 15 is 0 Å². The van der Waals surface area contributed by atoms with Crippen molar-refractivity contribution in [3.63, 3.8) is 0 Å². The molecule has 4 rings (SSSR count). The molecule has 1 saturated heterocycles. The van der Waals surface area contributed by atoms with E-state index in [-0.39, 0.29) is 16.6 Å². The highest BCUT2D eigenvalue weighted by Crippen LogP contribution is 2.24. The molecule has 0 spiro atoms. The van der Waals surface area contributed by atoms with E-state index in [2.05, 4.69) is 15.4 Å². The van der Waals surface area contributed by atoms with Gasteiger partial charge in [-0.1, -0.05) is 36.0 Å². The van der Waals surface area contributed by atoms with Crippen LogP contribution in [0.15, 0.2) is 64.9 Å². The normalized spacial score (nSPS) is 14.9. The van der Waals surface area contributed by atoms with E-state index in [0.717, 1.165) is 11.3 Å². The number of aryl methyl sites for hydroxylation is 1. The first-order valence-electron chi connectivity index (χ1n) is 10.0. The summed E-state index contributed by atoms with van der Waals surface area (Å²) in [7, 11) is -3.64. The van der Waals surface area contributed by atoms with Crippen molar-refractivity contribution in [1.29, 1.82) is 0 Å². The van der Waals surface area contributed by atoms with Gasteiger partial charge in [0, 0.05) is 18.8 Å². The Balaban J connectivity index is 1.40. The molecule has 1 aliphatic rings. The Kier molecular flexibility index (Phi) is 6.89. The number of anilines is 1. The standard InChI is InChI=1S/C21H23N5O4S2/c1-16-7-8-18(32(28,29)25-9-11-30-12-10-25)13-19(16)23-20(27)14-31-21-22-15-26(24-21)17-5-3-2-4-6-17/h2-8,13,15H,9-12,14H2,1H3,(H,23,27). The third-order valence-electron chi connectivity index (χ3n) is 4.91. The molecule has 3 aromatic rings. The number of ether oxygens (including phenoxy) is 1. The maximum Gasteiger partial charge on any atom is 0.243 e. The van der Waals surface area contributed by atoms with E-state index in [4.69, 9.17) is 4.74 Å². The number of para-hydroxylation sites is 1. The van der Waals surface area contributed by atoms with Crippen LogP contribution in [0.2, 0.25) is 0 Å². The van der Waals surface area contributed by atoms with Crippen molar-refractivity contribution in [2.45, 2.75) is 17.0 Å². The molecular formula is C21H23N5O4S2.